The first-order valence-corrected chi connectivity index (χ1v) is 3.13. The Kier molecular flexibility index (Phi) is 4.73. The average molecular weight is 185 g/mol. The number of nitrogens with zero attached hydrogens (tertiary/aromatic N) is 1. The molecule has 1 aromatic rings. The first-order valence-electron chi connectivity index (χ1n) is 2.31. The van der Waals surface area contributed by atoms with Gasteiger partial charge < -0.3 is 5.73 Å². The van der Waals surface area contributed by atoms with Crippen molar-refractivity contribution in [3.05, 3.63) is 17.3 Å². The summed E-state index contributed by atoms with van der Waals surface area (Å²) in [6.07, 6.45) is 1.56. The van der Waals surface area contributed by atoms with Gasteiger partial charge in [0.2, 0.25) is 0 Å². The van der Waals surface area contributed by atoms with Gasteiger partial charge in [-0.2, -0.15) is 0 Å². The maximum atomic E-state index is 5.61. The average Bonchev–Trinajstić information content (AvgIpc) is 1.83. The molecule has 10 heavy (non-hydrogen) atoms. The SMILES string of the molecule is Nc1nccc(S)c1Cl.[NaH]. The Labute approximate surface area is 91.9 Å². The number of nitrogens with two attached hydrogens (primary N) is 1. The number of nitrogen functional groups attached to an aromatic ring is 1. The summed E-state index contributed by atoms with van der Waals surface area (Å²) in [7, 11) is 0. The minimum absolute atomic E-state index is 0. The van der Waals surface area contributed by atoms with Crippen LogP contribution in [-0.2, 0) is 0 Å². The molecule has 0 aliphatic carbocycles. The second-order valence-corrected chi connectivity index (χ2v) is 2.39. The second-order valence-electron chi connectivity index (χ2n) is 1.53. The van der Waals surface area contributed by atoms with E-state index in [1.54, 1.807) is 12.3 Å². The molecule has 2 nitrogen and oxygen atoms in total. The molecule has 0 saturated heterocycles. The second kappa shape index (κ2) is 4.46. The van der Waals surface area contributed by atoms with Gasteiger partial charge in [-0.3, -0.25) is 0 Å². The van der Waals surface area contributed by atoms with E-state index in [1.807, 2.05) is 0 Å². The van der Waals surface area contributed by atoms with E-state index in [0.29, 0.717) is 15.7 Å². The molecule has 0 spiro atoms. The number of anilines is 1. The standard InChI is InChI=1S/C5H5ClN2S.Na.H/c6-4-3(9)1-2-8-5(4)7;;/h1-2H,(H3,7,8,9);;. The van der Waals surface area contributed by atoms with Crippen molar-refractivity contribution in [2.75, 3.05) is 5.73 Å². The number of aromatic nitrogens is 1. The first-order chi connectivity index (χ1) is 4.22. The van der Waals surface area contributed by atoms with Crippen LogP contribution in [0, 0.1) is 0 Å². The van der Waals surface area contributed by atoms with Gasteiger partial charge in [-0.1, -0.05) is 11.6 Å². The fraction of sp³-hybridized carbons (Fsp3) is 0. The Balaban J connectivity index is 0.000000810. The molecule has 1 aromatic heterocycles. The van der Waals surface area contributed by atoms with E-state index in [0.717, 1.165) is 0 Å². The van der Waals surface area contributed by atoms with Crippen molar-refractivity contribution in [1.29, 1.82) is 0 Å². The molecule has 50 valence electrons. The number of pyridine rings is 1. The van der Waals surface area contributed by atoms with Gasteiger partial charge in [-0.15, -0.1) is 12.6 Å². The summed E-state index contributed by atoms with van der Waals surface area (Å²) in [5.41, 5.74) is 5.33. The molecular weight excluding hydrogens is 179 g/mol. The summed E-state index contributed by atoms with van der Waals surface area (Å²) < 4.78 is 0. The van der Waals surface area contributed by atoms with Gasteiger partial charge in [0.25, 0.3) is 0 Å². The Morgan fingerprint density at radius 3 is 2.60 bits per heavy atom. The minimum atomic E-state index is 0. The third-order valence-corrected chi connectivity index (χ3v) is 1.80. The number of hydrogen-bond donors (Lipinski definition) is 2. The molecular formula is C5H6ClN2NaS. The topological polar surface area (TPSA) is 38.9 Å². The van der Waals surface area contributed by atoms with E-state index >= 15 is 0 Å². The summed E-state index contributed by atoms with van der Waals surface area (Å²) in [6, 6.07) is 1.68. The molecule has 0 aliphatic rings. The van der Waals surface area contributed by atoms with E-state index in [-0.39, 0.29) is 29.6 Å². The van der Waals surface area contributed by atoms with Crippen LogP contribution >= 0.6 is 24.2 Å². The third-order valence-electron chi connectivity index (χ3n) is 0.896. The number of halogens is 1. The molecule has 0 unspecified atom stereocenters. The van der Waals surface area contributed by atoms with Crippen molar-refractivity contribution in [2.45, 2.75) is 4.90 Å². The van der Waals surface area contributed by atoms with Gasteiger partial charge in [0.15, 0.2) is 0 Å². The van der Waals surface area contributed by atoms with E-state index < -0.39 is 0 Å². The van der Waals surface area contributed by atoms with Crippen LogP contribution in [0.3, 0.4) is 0 Å². The Bertz CT molecular complexity index is 211. The first kappa shape index (κ1) is 10.6. The van der Waals surface area contributed by atoms with Crippen LogP contribution in [0.5, 0.6) is 0 Å². The van der Waals surface area contributed by atoms with Crippen LogP contribution in [0.4, 0.5) is 5.82 Å². The summed E-state index contributed by atoms with van der Waals surface area (Å²) in [5.74, 6) is 0.323. The van der Waals surface area contributed by atoms with Crippen molar-refractivity contribution in [1.82, 2.24) is 4.98 Å². The van der Waals surface area contributed by atoms with Gasteiger partial charge in [0, 0.05) is 11.1 Å². The predicted octanol–water partition coefficient (Wildman–Crippen LogP) is 0.957. The molecule has 1 rings (SSSR count). The summed E-state index contributed by atoms with van der Waals surface area (Å²) >= 11 is 9.63. The van der Waals surface area contributed by atoms with Gasteiger partial charge >= 0.3 is 29.6 Å². The molecule has 0 amide bonds. The molecule has 0 atom stereocenters. The van der Waals surface area contributed by atoms with Gasteiger partial charge in [-0.25, -0.2) is 4.98 Å². The van der Waals surface area contributed by atoms with Gasteiger partial charge in [-0.05, 0) is 6.07 Å². The van der Waals surface area contributed by atoms with Crippen molar-refractivity contribution < 1.29 is 0 Å². The molecule has 0 aliphatic heterocycles. The zero-order valence-corrected chi connectivity index (χ0v) is 6.15. The number of hydrogen-bond acceptors (Lipinski definition) is 3. The summed E-state index contributed by atoms with van der Waals surface area (Å²) in [5, 5.41) is 0.417. The predicted molar refractivity (Wildman–Crippen MR) is 48.1 cm³/mol. The summed E-state index contributed by atoms with van der Waals surface area (Å²) in [4.78, 5) is 4.39. The van der Waals surface area contributed by atoms with E-state index in [2.05, 4.69) is 17.6 Å². The van der Waals surface area contributed by atoms with Crippen molar-refractivity contribution in [2.24, 2.45) is 0 Å². The van der Waals surface area contributed by atoms with Crippen molar-refractivity contribution >= 4 is 59.6 Å². The van der Waals surface area contributed by atoms with Gasteiger partial charge in [0.05, 0.1) is 5.02 Å². The van der Waals surface area contributed by atoms with E-state index in [4.69, 9.17) is 17.3 Å². The zero-order valence-electron chi connectivity index (χ0n) is 4.50. The molecule has 0 radical (unpaired) electrons. The zero-order chi connectivity index (χ0) is 6.85. The molecule has 1 heterocycles. The Morgan fingerprint density at radius 2 is 2.20 bits per heavy atom. The van der Waals surface area contributed by atoms with E-state index in [9.17, 15) is 0 Å². The number of thiol groups is 1. The van der Waals surface area contributed by atoms with E-state index in [1.165, 1.54) is 0 Å². The molecule has 2 N–H and O–H groups in total. The fourth-order valence-electron chi connectivity index (χ4n) is 0.449. The summed E-state index contributed by atoms with van der Waals surface area (Å²) in [6.45, 7) is 0. The Hall–Kier alpha value is 0.590. The van der Waals surface area contributed by atoms with Crippen LogP contribution < -0.4 is 5.73 Å². The molecule has 5 heteroatoms. The molecule has 0 bridgehead atoms. The van der Waals surface area contributed by atoms with Crippen LogP contribution in [0.15, 0.2) is 17.2 Å². The fourth-order valence-corrected chi connectivity index (χ4v) is 0.742. The van der Waals surface area contributed by atoms with Crippen molar-refractivity contribution in [3.63, 3.8) is 0 Å². The Morgan fingerprint density at radius 1 is 1.60 bits per heavy atom. The molecule has 0 saturated carbocycles. The molecule has 0 aromatic carbocycles. The normalized spacial score (nSPS) is 8.60. The van der Waals surface area contributed by atoms with Crippen LogP contribution in [0.25, 0.3) is 0 Å². The van der Waals surface area contributed by atoms with Gasteiger partial charge in [0.1, 0.15) is 5.82 Å². The van der Waals surface area contributed by atoms with Crippen LogP contribution in [0.2, 0.25) is 5.02 Å². The third kappa shape index (κ3) is 2.32. The van der Waals surface area contributed by atoms with Crippen molar-refractivity contribution in [3.8, 4) is 0 Å². The monoisotopic (exact) mass is 184 g/mol. The molecule has 0 fully saturated rings. The maximum absolute atomic E-state index is 5.61. The quantitative estimate of drug-likeness (QED) is 0.466. The van der Waals surface area contributed by atoms with Crippen LogP contribution in [-0.4, -0.2) is 34.5 Å². The number of rotatable bonds is 0. The van der Waals surface area contributed by atoms with Crippen LogP contribution in [0.1, 0.15) is 0 Å².